The summed E-state index contributed by atoms with van der Waals surface area (Å²) in [6.45, 7) is 12.4. The van der Waals surface area contributed by atoms with E-state index >= 15 is 0 Å². The average Bonchev–Trinajstić information content (AvgIpc) is 3.15. The fraction of sp³-hybridized carbons (Fsp3) is 0.980. The summed E-state index contributed by atoms with van der Waals surface area (Å²) in [4.78, 5) is 17.5. The maximum Gasteiger partial charge on any atom is 0.306 e. The third-order valence-electron chi connectivity index (χ3n) is 12.3. The highest BCUT2D eigenvalue weighted by atomic mass is 16.5. The van der Waals surface area contributed by atoms with Crippen molar-refractivity contribution in [2.24, 2.45) is 11.8 Å². The lowest BCUT2D eigenvalue weighted by Crippen LogP contribution is -2.29. The van der Waals surface area contributed by atoms with E-state index in [2.05, 4.69) is 58.6 Å². The first-order valence-electron chi connectivity index (χ1n) is 24.9. The van der Waals surface area contributed by atoms with Crippen molar-refractivity contribution in [3.8, 4) is 0 Å². The number of carbonyl (C=O) groups excluding carboxylic acids is 1. The minimum Gasteiger partial charge on any atom is -0.462 e. The Hall–Kier alpha value is -0.610. The minimum atomic E-state index is 0.0337. The van der Waals surface area contributed by atoms with Crippen LogP contribution in [0.5, 0.6) is 0 Å². The third-order valence-corrected chi connectivity index (χ3v) is 12.3. The van der Waals surface area contributed by atoms with Crippen molar-refractivity contribution in [1.82, 2.24) is 9.80 Å². The largest absolute Gasteiger partial charge is 0.462 e. The van der Waals surface area contributed by atoms with Crippen LogP contribution in [-0.2, 0) is 9.53 Å². The lowest BCUT2D eigenvalue weighted by Gasteiger charge is -2.20. The van der Waals surface area contributed by atoms with Crippen LogP contribution in [0.25, 0.3) is 0 Å². The van der Waals surface area contributed by atoms with Crippen LogP contribution in [0.1, 0.15) is 259 Å². The zero-order valence-electron chi connectivity index (χ0n) is 38.5. The molecule has 0 saturated carbocycles. The van der Waals surface area contributed by atoms with Crippen LogP contribution >= 0.6 is 0 Å². The van der Waals surface area contributed by atoms with Gasteiger partial charge in [-0.05, 0) is 71.6 Å². The zero-order chi connectivity index (χ0) is 39.7. The minimum absolute atomic E-state index is 0.0337. The summed E-state index contributed by atoms with van der Waals surface area (Å²) >= 11 is 0. The molecule has 0 aromatic carbocycles. The van der Waals surface area contributed by atoms with Gasteiger partial charge in [-0.1, -0.05) is 220 Å². The molecule has 0 saturated heterocycles. The van der Waals surface area contributed by atoms with Crippen LogP contribution in [0.4, 0.5) is 0 Å². The Labute approximate surface area is 341 Å². The summed E-state index contributed by atoms with van der Waals surface area (Å²) in [6.07, 6.45) is 48.2. The van der Waals surface area contributed by atoms with Gasteiger partial charge >= 0.3 is 5.97 Å². The van der Waals surface area contributed by atoms with E-state index in [0.717, 1.165) is 50.7 Å². The van der Waals surface area contributed by atoms with Crippen LogP contribution in [0.3, 0.4) is 0 Å². The summed E-state index contributed by atoms with van der Waals surface area (Å²) in [7, 11) is 6.40. The second-order valence-electron chi connectivity index (χ2n) is 18.1. The van der Waals surface area contributed by atoms with Crippen molar-refractivity contribution < 1.29 is 9.53 Å². The Morgan fingerprint density at radius 3 is 1.04 bits per heavy atom. The molecule has 0 N–H and O–H groups in total. The number of nitrogens with zero attached hydrogens (tertiary/aromatic N) is 2. The Kier molecular flexibility index (Phi) is 41.5. The van der Waals surface area contributed by atoms with E-state index < -0.39 is 0 Å². The van der Waals surface area contributed by atoms with Gasteiger partial charge in [0.15, 0.2) is 0 Å². The summed E-state index contributed by atoms with van der Waals surface area (Å²) < 4.78 is 6.17. The number of carbonyl (C=O) groups is 1. The SMILES string of the molecule is CCCCCC(CCCCC)CCCCCCCCCC(CCCCCCCCCC(CCCCC)CCCCC)OC(=O)CCCN(C)CCN(C)C. The fourth-order valence-electron chi connectivity index (χ4n) is 8.46. The van der Waals surface area contributed by atoms with Crippen LogP contribution in [0.15, 0.2) is 0 Å². The number of unbranched alkanes of at least 4 members (excludes halogenated alkanes) is 20. The van der Waals surface area contributed by atoms with Gasteiger partial charge in [-0.2, -0.15) is 0 Å². The molecule has 0 atom stereocenters. The summed E-state index contributed by atoms with van der Waals surface area (Å²) in [5.41, 5.74) is 0. The number of hydrogen-bond donors (Lipinski definition) is 0. The molecule has 4 heteroatoms. The molecule has 54 heavy (non-hydrogen) atoms. The van der Waals surface area contributed by atoms with Crippen molar-refractivity contribution in [1.29, 1.82) is 0 Å². The van der Waals surface area contributed by atoms with Crippen molar-refractivity contribution in [3.05, 3.63) is 0 Å². The highest BCUT2D eigenvalue weighted by molar-refractivity contribution is 5.69. The topological polar surface area (TPSA) is 32.8 Å². The molecule has 324 valence electrons. The molecule has 0 rings (SSSR count). The van der Waals surface area contributed by atoms with Gasteiger partial charge in [-0.15, -0.1) is 0 Å². The first kappa shape index (κ1) is 53.4. The van der Waals surface area contributed by atoms with Gasteiger partial charge in [0.1, 0.15) is 6.10 Å². The van der Waals surface area contributed by atoms with Crippen LogP contribution in [0.2, 0.25) is 0 Å². The van der Waals surface area contributed by atoms with E-state index in [9.17, 15) is 4.79 Å². The number of esters is 1. The van der Waals surface area contributed by atoms with E-state index in [1.54, 1.807) is 0 Å². The molecular weight excluding hydrogens is 661 g/mol. The predicted molar refractivity (Wildman–Crippen MR) is 242 cm³/mol. The lowest BCUT2D eigenvalue weighted by molar-refractivity contribution is -0.150. The van der Waals surface area contributed by atoms with Crippen molar-refractivity contribution in [2.45, 2.75) is 265 Å². The Morgan fingerprint density at radius 1 is 0.389 bits per heavy atom. The fourth-order valence-corrected chi connectivity index (χ4v) is 8.46. The maximum absolute atomic E-state index is 12.9. The number of rotatable bonds is 44. The van der Waals surface area contributed by atoms with Gasteiger partial charge in [-0.3, -0.25) is 4.79 Å². The lowest BCUT2D eigenvalue weighted by atomic mass is 9.90. The molecule has 4 nitrogen and oxygen atoms in total. The van der Waals surface area contributed by atoms with Gasteiger partial charge in [0.05, 0.1) is 0 Å². The molecule has 0 fully saturated rings. The van der Waals surface area contributed by atoms with Gasteiger partial charge in [0.2, 0.25) is 0 Å². The third kappa shape index (κ3) is 38.3. The summed E-state index contributed by atoms with van der Waals surface area (Å²) in [5, 5.41) is 0. The molecule has 0 bridgehead atoms. The maximum atomic E-state index is 12.9. The van der Waals surface area contributed by atoms with Gasteiger partial charge in [0, 0.05) is 19.5 Å². The highest BCUT2D eigenvalue weighted by Gasteiger charge is 2.15. The van der Waals surface area contributed by atoms with E-state index in [1.165, 1.54) is 205 Å². The van der Waals surface area contributed by atoms with Crippen LogP contribution < -0.4 is 0 Å². The van der Waals surface area contributed by atoms with E-state index in [4.69, 9.17) is 4.74 Å². The number of ether oxygens (including phenoxy) is 1. The molecule has 0 heterocycles. The number of likely N-dealkylation sites (N-methyl/N-ethyl adjacent to an activating group) is 2. The van der Waals surface area contributed by atoms with Crippen molar-refractivity contribution in [2.75, 3.05) is 40.8 Å². The molecule has 0 spiro atoms. The molecule has 0 aromatic rings. The zero-order valence-corrected chi connectivity index (χ0v) is 38.5. The average molecular weight is 763 g/mol. The van der Waals surface area contributed by atoms with Crippen molar-refractivity contribution >= 4 is 5.97 Å². The summed E-state index contributed by atoms with van der Waals surface area (Å²) in [6, 6.07) is 0. The quantitative estimate of drug-likeness (QED) is 0.0457. The Morgan fingerprint density at radius 2 is 0.704 bits per heavy atom. The molecule has 0 unspecified atom stereocenters. The van der Waals surface area contributed by atoms with Gasteiger partial charge < -0.3 is 14.5 Å². The first-order chi connectivity index (χ1) is 26.4. The smallest absolute Gasteiger partial charge is 0.306 e. The first-order valence-corrected chi connectivity index (χ1v) is 24.9. The summed E-state index contributed by atoms with van der Waals surface area (Å²) in [5.74, 6) is 2.00. The van der Waals surface area contributed by atoms with Crippen molar-refractivity contribution in [3.63, 3.8) is 0 Å². The molecular formula is C50H102N2O2. The van der Waals surface area contributed by atoms with Gasteiger partial charge in [0.25, 0.3) is 0 Å². The van der Waals surface area contributed by atoms with E-state index in [1.807, 2.05) is 0 Å². The normalized spacial score (nSPS) is 12.1. The van der Waals surface area contributed by atoms with E-state index in [0.29, 0.717) is 6.42 Å². The Balaban J connectivity index is 4.46. The predicted octanol–water partition coefficient (Wildman–Crippen LogP) is 15.7. The molecule has 0 aliphatic rings. The molecule has 0 aliphatic heterocycles. The Bertz CT molecular complexity index is 680. The molecule has 0 amide bonds. The van der Waals surface area contributed by atoms with Crippen LogP contribution in [-0.4, -0.2) is 62.7 Å². The van der Waals surface area contributed by atoms with E-state index in [-0.39, 0.29) is 12.1 Å². The van der Waals surface area contributed by atoms with Gasteiger partial charge in [-0.25, -0.2) is 0 Å². The number of hydrogen-bond acceptors (Lipinski definition) is 4. The second-order valence-corrected chi connectivity index (χ2v) is 18.1. The standard InChI is InChI=1S/C50H102N2O2/c1-8-12-26-35-47(36-27-13-9-2)39-30-22-18-16-20-24-32-41-49(54-50(53)43-34-44-52(7)46-45-51(5)6)42-33-25-21-17-19-23-31-40-48(37-28-14-10-3)38-29-15-11-4/h47-49H,8-46H2,1-7H3. The van der Waals surface area contributed by atoms with Crippen LogP contribution in [0, 0.1) is 11.8 Å². The molecule has 0 radical (unpaired) electrons. The second kappa shape index (κ2) is 42.0. The molecule has 0 aliphatic carbocycles. The highest BCUT2D eigenvalue weighted by Crippen LogP contribution is 2.26. The molecule has 0 aromatic heterocycles. The monoisotopic (exact) mass is 763 g/mol.